The van der Waals surface area contributed by atoms with Gasteiger partial charge in [0, 0.05) is 29.6 Å². The first-order chi connectivity index (χ1) is 12.5. The van der Waals surface area contributed by atoms with Crippen molar-refractivity contribution in [3.05, 3.63) is 53.8 Å². The van der Waals surface area contributed by atoms with E-state index in [1.165, 1.54) is 22.5 Å². The SMILES string of the molecule is O=Cc1c(-c2ccc(F)cc2)[nH]c2ccc(S(=O)(=O)N3CCCC3)cc12. The first-order valence-electron chi connectivity index (χ1n) is 8.38. The Balaban J connectivity index is 1.86. The number of rotatable bonds is 4. The summed E-state index contributed by atoms with van der Waals surface area (Å²) < 4.78 is 40.2. The van der Waals surface area contributed by atoms with Crippen LogP contribution < -0.4 is 0 Å². The van der Waals surface area contributed by atoms with Gasteiger partial charge in [0.15, 0.2) is 6.29 Å². The molecule has 1 aromatic heterocycles. The lowest BCUT2D eigenvalue weighted by atomic mass is 10.1. The molecule has 0 unspecified atom stereocenters. The molecule has 0 radical (unpaired) electrons. The molecule has 7 heteroatoms. The van der Waals surface area contributed by atoms with E-state index >= 15 is 0 Å². The van der Waals surface area contributed by atoms with Crippen LogP contribution in [0.1, 0.15) is 23.2 Å². The van der Waals surface area contributed by atoms with Gasteiger partial charge >= 0.3 is 0 Å². The number of hydrogen-bond acceptors (Lipinski definition) is 3. The predicted molar refractivity (Wildman–Crippen MR) is 97.1 cm³/mol. The zero-order valence-electron chi connectivity index (χ0n) is 13.9. The number of sulfonamides is 1. The minimum Gasteiger partial charge on any atom is -0.354 e. The molecule has 0 amide bonds. The van der Waals surface area contributed by atoms with E-state index in [0.29, 0.717) is 47.1 Å². The summed E-state index contributed by atoms with van der Waals surface area (Å²) in [5.74, 6) is -0.364. The third-order valence-electron chi connectivity index (χ3n) is 4.76. The van der Waals surface area contributed by atoms with Crippen molar-refractivity contribution >= 4 is 27.2 Å². The second kappa shape index (κ2) is 6.34. The molecule has 0 atom stereocenters. The van der Waals surface area contributed by atoms with Crippen LogP contribution in [0, 0.1) is 5.82 Å². The number of carbonyl (C=O) groups is 1. The number of aromatic nitrogens is 1. The number of nitrogens with one attached hydrogen (secondary N) is 1. The summed E-state index contributed by atoms with van der Waals surface area (Å²) >= 11 is 0. The molecule has 0 bridgehead atoms. The summed E-state index contributed by atoms with van der Waals surface area (Å²) in [7, 11) is -3.56. The van der Waals surface area contributed by atoms with Crippen LogP contribution in [0.2, 0.25) is 0 Å². The Morgan fingerprint density at radius 3 is 2.38 bits per heavy atom. The van der Waals surface area contributed by atoms with E-state index in [9.17, 15) is 17.6 Å². The van der Waals surface area contributed by atoms with E-state index in [4.69, 9.17) is 0 Å². The van der Waals surface area contributed by atoms with Crippen LogP contribution in [-0.2, 0) is 10.0 Å². The highest BCUT2D eigenvalue weighted by molar-refractivity contribution is 7.89. The number of hydrogen-bond donors (Lipinski definition) is 1. The summed E-state index contributed by atoms with van der Waals surface area (Å²) in [5, 5.41) is 0.541. The van der Waals surface area contributed by atoms with Gasteiger partial charge in [-0.3, -0.25) is 4.79 Å². The maximum Gasteiger partial charge on any atom is 0.243 e. The lowest BCUT2D eigenvalue weighted by molar-refractivity contribution is 0.112. The number of halogens is 1. The number of H-pyrrole nitrogens is 1. The fourth-order valence-corrected chi connectivity index (χ4v) is 4.94. The van der Waals surface area contributed by atoms with Gasteiger partial charge in [-0.1, -0.05) is 0 Å². The van der Waals surface area contributed by atoms with E-state index in [1.54, 1.807) is 24.3 Å². The second-order valence-electron chi connectivity index (χ2n) is 6.36. The summed E-state index contributed by atoms with van der Waals surface area (Å²) in [6, 6.07) is 10.5. The zero-order chi connectivity index (χ0) is 18.3. The molecular formula is C19H17FN2O3S. The Bertz CT molecular complexity index is 1080. The average Bonchev–Trinajstić information content (AvgIpc) is 3.29. The first kappa shape index (κ1) is 16.9. The maximum absolute atomic E-state index is 13.2. The van der Waals surface area contributed by atoms with E-state index < -0.39 is 10.0 Å². The van der Waals surface area contributed by atoms with E-state index in [2.05, 4.69) is 4.98 Å². The van der Waals surface area contributed by atoms with Crippen LogP contribution in [0.3, 0.4) is 0 Å². The van der Waals surface area contributed by atoms with Gasteiger partial charge in [0.1, 0.15) is 5.82 Å². The van der Waals surface area contributed by atoms with Crippen LogP contribution in [-0.4, -0.2) is 37.1 Å². The highest BCUT2D eigenvalue weighted by Crippen LogP contribution is 2.32. The van der Waals surface area contributed by atoms with Gasteiger partial charge in [0.25, 0.3) is 0 Å². The number of aldehydes is 1. The van der Waals surface area contributed by atoms with Crippen LogP contribution >= 0.6 is 0 Å². The van der Waals surface area contributed by atoms with Crippen molar-refractivity contribution in [3.63, 3.8) is 0 Å². The van der Waals surface area contributed by atoms with Gasteiger partial charge in [0.2, 0.25) is 10.0 Å². The molecule has 4 rings (SSSR count). The molecular weight excluding hydrogens is 355 g/mol. The van der Waals surface area contributed by atoms with Crippen LogP contribution in [0.4, 0.5) is 4.39 Å². The Morgan fingerprint density at radius 1 is 1.04 bits per heavy atom. The molecule has 1 fully saturated rings. The smallest absolute Gasteiger partial charge is 0.243 e. The lowest BCUT2D eigenvalue weighted by Gasteiger charge is -2.15. The van der Waals surface area contributed by atoms with Crippen LogP contribution in [0.5, 0.6) is 0 Å². The number of benzene rings is 2. The highest BCUT2D eigenvalue weighted by atomic mass is 32.2. The second-order valence-corrected chi connectivity index (χ2v) is 8.29. The Labute approximate surface area is 150 Å². The third kappa shape index (κ3) is 2.73. The van der Waals surface area contributed by atoms with E-state index in [0.717, 1.165) is 12.8 Å². The molecule has 1 aliphatic rings. The molecule has 5 nitrogen and oxygen atoms in total. The lowest BCUT2D eigenvalue weighted by Crippen LogP contribution is -2.27. The van der Waals surface area contributed by atoms with Crippen LogP contribution in [0.25, 0.3) is 22.2 Å². The van der Waals surface area contributed by atoms with Gasteiger partial charge in [-0.05, 0) is 60.9 Å². The first-order valence-corrected chi connectivity index (χ1v) is 9.82. The minimum atomic E-state index is -3.56. The number of nitrogens with zero attached hydrogens (tertiary/aromatic N) is 1. The van der Waals surface area contributed by atoms with Crippen molar-refractivity contribution in [1.29, 1.82) is 0 Å². The predicted octanol–water partition coefficient (Wildman–Crippen LogP) is 3.57. The molecule has 134 valence electrons. The third-order valence-corrected chi connectivity index (χ3v) is 6.66. The Morgan fingerprint density at radius 2 is 1.73 bits per heavy atom. The van der Waals surface area contributed by atoms with E-state index in [1.807, 2.05) is 0 Å². The fourth-order valence-electron chi connectivity index (χ4n) is 3.40. The molecule has 1 aliphatic heterocycles. The monoisotopic (exact) mass is 372 g/mol. The highest BCUT2D eigenvalue weighted by Gasteiger charge is 2.28. The minimum absolute atomic E-state index is 0.180. The van der Waals surface area contributed by atoms with Crippen molar-refractivity contribution < 1.29 is 17.6 Å². The van der Waals surface area contributed by atoms with Crippen molar-refractivity contribution in [2.45, 2.75) is 17.7 Å². The zero-order valence-corrected chi connectivity index (χ0v) is 14.7. The average molecular weight is 372 g/mol. The Hall–Kier alpha value is -2.51. The normalized spacial score (nSPS) is 15.6. The molecule has 3 aromatic rings. The van der Waals surface area contributed by atoms with Crippen molar-refractivity contribution in [1.82, 2.24) is 9.29 Å². The molecule has 0 saturated carbocycles. The van der Waals surface area contributed by atoms with Gasteiger partial charge in [-0.25, -0.2) is 12.8 Å². The van der Waals surface area contributed by atoms with Gasteiger partial charge in [-0.2, -0.15) is 4.31 Å². The topological polar surface area (TPSA) is 70.2 Å². The molecule has 0 spiro atoms. The quantitative estimate of drug-likeness (QED) is 0.712. The molecule has 0 aliphatic carbocycles. The summed E-state index contributed by atoms with van der Waals surface area (Å²) in [5.41, 5.74) is 2.23. The largest absolute Gasteiger partial charge is 0.354 e. The summed E-state index contributed by atoms with van der Waals surface area (Å²) in [6.07, 6.45) is 2.42. The standard InChI is InChI=1S/C19H17FN2O3S/c20-14-5-3-13(4-6-14)19-17(12-23)16-11-15(7-8-18(16)21-19)26(24,25)22-9-1-2-10-22/h3-8,11-12,21H,1-2,9-10H2. The number of aromatic amines is 1. The maximum atomic E-state index is 13.2. The molecule has 1 saturated heterocycles. The van der Waals surface area contributed by atoms with Gasteiger partial charge in [-0.15, -0.1) is 0 Å². The number of fused-ring (bicyclic) bond motifs is 1. The van der Waals surface area contributed by atoms with Crippen molar-refractivity contribution in [2.24, 2.45) is 0 Å². The molecule has 2 heterocycles. The van der Waals surface area contributed by atoms with E-state index in [-0.39, 0.29) is 10.7 Å². The molecule has 1 N–H and O–H groups in total. The van der Waals surface area contributed by atoms with Crippen LogP contribution in [0.15, 0.2) is 47.4 Å². The fraction of sp³-hybridized carbons (Fsp3) is 0.211. The molecule has 26 heavy (non-hydrogen) atoms. The van der Waals surface area contributed by atoms with Crippen molar-refractivity contribution in [2.75, 3.05) is 13.1 Å². The summed E-state index contributed by atoms with van der Waals surface area (Å²) in [4.78, 5) is 15.0. The Kier molecular flexibility index (Phi) is 4.13. The van der Waals surface area contributed by atoms with Gasteiger partial charge in [0.05, 0.1) is 10.6 Å². The molecule has 2 aromatic carbocycles. The summed E-state index contributed by atoms with van der Waals surface area (Å²) in [6.45, 7) is 1.05. The van der Waals surface area contributed by atoms with Gasteiger partial charge < -0.3 is 4.98 Å². The number of carbonyl (C=O) groups excluding carboxylic acids is 1. The van der Waals surface area contributed by atoms with Crippen molar-refractivity contribution in [3.8, 4) is 11.3 Å².